The van der Waals surface area contributed by atoms with Crippen LogP contribution >= 0.6 is 0 Å². The number of amides is 5. The molecule has 5 amide bonds. The first kappa shape index (κ1) is 105. The van der Waals surface area contributed by atoms with Crippen molar-refractivity contribution in [2.24, 2.45) is 0 Å². The highest BCUT2D eigenvalue weighted by Gasteiger charge is 2.63. The normalized spacial score (nSPS) is 36.4. The number of carboxylic acids is 3. The van der Waals surface area contributed by atoms with Crippen LogP contribution in [0.25, 0.3) is 0 Å². The highest BCUT2D eigenvalue weighted by molar-refractivity contribution is 5.77. The van der Waals surface area contributed by atoms with E-state index in [2.05, 4.69) is 33.5 Å². The van der Waals surface area contributed by atoms with E-state index in [0.29, 0.717) is 6.42 Å². The molecule has 6 heterocycles. The van der Waals surface area contributed by atoms with Crippen molar-refractivity contribution >= 4 is 53.9 Å². The molecule has 6 aliphatic rings. The largest absolute Gasteiger partial charge is 0.544 e. The lowest BCUT2D eigenvalue weighted by Gasteiger charge is -2.54. The quantitative estimate of drug-likeness (QED) is 0.0116. The van der Waals surface area contributed by atoms with Crippen LogP contribution in [0.15, 0.2) is 12.2 Å². The van der Waals surface area contributed by atoms with Crippen LogP contribution in [-0.2, 0) is 105 Å². The van der Waals surface area contributed by atoms with Crippen LogP contribution in [0.5, 0.6) is 0 Å². The van der Waals surface area contributed by atoms with Gasteiger partial charge in [0.2, 0.25) is 47.4 Å². The Hall–Kier alpha value is -6.23. The minimum atomic E-state index is -3.85. The molecule has 122 heavy (non-hydrogen) atoms. The van der Waals surface area contributed by atoms with Crippen molar-refractivity contribution in [2.45, 2.75) is 351 Å². The summed E-state index contributed by atoms with van der Waals surface area (Å²) in [6.07, 6.45) is -52.0. The maximum absolute atomic E-state index is 14.2. The summed E-state index contributed by atoms with van der Waals surface area (Å²) < 4.78 is 74.9. The number of carboxylic acid groups (broad SMARTS) is 3. The van der Waals surface area contributed by atoms with Gasteiger partial charge in [0.05, 0.1) is 88.2 Å². The van der Waals surface area contributed by atoms with Gasteiger partial charge in [-0.05, 0) is 12.8 Å². The number of unbranched alkanes of at least 4 members (excludes halogenated alkanes) is 11. The van der Waals surface area contributed by atoms with Gasteiger partial charge in [-0.3, -0.25) is 28.8 Å². The minimum Gasteiger partial charge on any atom is -0.544 e. The molecule has 35 atom stereocenters. The summed E-state index contributed by atoms with van der Waals surface area (Å²) in [6, 6.07) is -9.44. The number of aliphatic hydroxyl groups excluding tert-OH is 18. The van der Waals surface area contributed by atoms with E-state index >= 15 is 0 Å². The minimum absolute atomic E-state index is 0.252. The number of ether oxygens (including phenoxy) is 13. The van der Waals surface area contributed by atoms with Crippen LogP contribution in [-0.4, -0.2) is 405 Å². The number of allylic oxidation sites excluding steroid dienone is 1. The molecule has 23 N–H and O–H groups in total. The first-order chi connectivity index (χ1) is 57.6. The lowest BCUT2D eigenvalue weighted by atomic mass is 9.86. The fourth-order valence-corrected chi connectivity index (χ4v) is 15.4. The second-order valence-corrected chi connectivity index (χ2v) is 31.0. The predicted octanol–water partition coefficient (Wildman–Crippen LogP) is -14.6. The Morgan fingerprint density at radius 3 is 1.31 bits per heavy atom. The van der Waals surface area contributed by atoms with Gasteiger partial charge < -0.3 is 210 Å². The van der Waals surface area contributed by atoms with E-state index < -0.39 is 326 Å². The highest BCUT2D eigenvalue weighted by atomic mass is 16.8. The Morgan fingerprint density at radius 1 is 0.467 bits per heavy atom. The molecule has 48 heteroatoms. The molecule has 0 aromatic rings. The van der Waals surface area contributed by atoms with Crippen molar-refractivity contribution in [1.29, 1.82) is 0 Å². The smallest absolute Gasteiger partial charge is 0.302 e. The van der Waals surface area contributed by atoms with Gasteiger partial charge in [-0.2, -0.15) is 0 Å². The molecule has 0 unspecified atom stereocenters. The van der Waals surface area contributed by atoms with Gasteiger partial charge in [0, 0.05) is 53.9 Å². The Kier molecular flexibility index (Phi) is 41.7. The third kappa shape index (κ3) is 27.2. The van der Waals surface area contributed by atoms with Crippen LogP contribution < -0.4 is 41.9 Å². The van der Waals surface area contributed by atoms with E-state index in [1.54, 1.807) is 6.08 Å². The third-order valence-corrected chi connectivity index (χ3v) is 21.6. The van der Waals surface area contributed by atoms with Crippen LogP contribution in [0.2, 0.25) is 0 Å². The summed E-state index contributed by atoms with van der Waals surface area (Å²) in [5.74, 6) is -24.2. The predicted molar refractivity (Wildman–Crippen MR) is 392 cm³/mol. The zero-order chi connectivity index (χ0) is 91.0. The molecule has 6 aliphatic heterocycles. The van der Waals surface area contributed by atoms with Gasteiger partial charge in [-0.25, -0.2) is 0 Å². The first-order valence-corrected chi connectivity index (χ1v) is 40.2. The summed E-state index contributed by atoms with van der Waals surface area (Å²) in [6.45, 7) is -2.27. The van der Waals surface area contributed by atoms with E-state index in [-0.39, 0.29) is 6.41 Å². The van der Waals surface area contributed by atoms with Gasteiger partial charge in [0.25, 0.3) is 0 Å². The number of hydrogen-bond donors (Lipinski definition) is 23. The molecule has 0 radical (unpaired) electrons. The van der Waals surface area contributed by atoms with E-state index in [9.17, 15) is 150 Å². The molecule has 6 rings (SSSR count). The monoisotopic (exact) mass is 1770 g/mol. The third-order valence-electron chi connectivity index (χ3n) is 21.6. The number of carbonyl (C=O) groups excluding carboxylic acids is 9. The zero-order valence-electron chi connectivity index (χ0n) is 68.0. The Bertz CT molecular complexity index is 3340. The fraction of sp³-hybridized carbons (Fsp3) is 0.851. The van der Waals surface area contributed by atoms with E-state index in [1.165, 1.54) is 44.6 Å². The number of aliphatic hydroxyl groups is 18. The first-order valence-electron chi connectivity index (χ1n) is 40.2. The number of nitrogens with one attached hydrogen (secondary N) is 5. The molecular weight excluding hydrogens is 1650 g/mol. The SMILES string of the molecule is CCCCCCCCCCCCC/C=C/[C@@H](O)[C@H](CO[C@@H]1O[C@H](CO)[C@@H](O[C@@H]2O[C@H](CO)[C@H](O[C@@H]3O[C@H](CO)[C@H](O)[C@H](O)[C@H]3NC(C)=O)[C@H](O[C@]3(C(=O)[O-])C[C@H](O)[C@@H](NC(C)=O)[C@H]([C@H](O)[C@@H](CO)O[C@]4(C(=O)[O-])C[C@H](O)[C@@H](NC(C)=O)[C@H]([C@H](O)[C@@H](CO)O[C@]5(C(=O)[O-])C[C@H](O)[C@@H](NC(C)=O)[C@H]([C@H](O)[C@H](O)COC(C)=O)O5)O4)O3)[C@H]2O)[C@H](O)[C@H]1O)NC=O. The molecule has 6 fully saturated rings. The Labute approximate surface area is 699 Å². The Morgan fingerprint density at radius 2 is 0.877 bits per heavy atom. The number of rotatable bonds is 49. The molecule has 48 nitrogen and oxygen atoms in total. The van der Waals surface area contributed by atoms with E-state index in [4.69, 9.17) is 61.6 Å². The van der Waals surface area contributed by atoms with Crippen molar-refractivity contribution in [2.75, 3.05) is 46.2 Å². The maximum atomic E-state index is 14.2. The standard InChI is InChI=1S/C74H123N5O43/c1-7-8-9-10-11-12-13-14-15-16-17-18-19-20-38(91)37(75-31-85)29-111-67-58(102)57(101)60(46(27-83)113-67)115-68-59(103)65(61(47(28-84)114-68)116-66-51(79-35(5)89)56(100)53(97)43(24-80)112-66)122-74(71(108)109)23-41(94)50(78-34(4)88)64(121-74)55(99)45(26-82)118-73(70(106)107)22-40(93)49(77-33(3)87)63(120-73)54(98)44(25-81)117-72(69(104)105)21-39(92)48(76-32(2)86)62(119-72)52(96)42(95)30-110-36(6)90/h19-20,31,37-68,80-84,91-103H,7-18,21-30H2,1-6H3,(H,75,85)(H,76,86)(H,77,87)(H,78,88)(H,79,89)(H,104,105)(H,106,107)(H,108,109)/p-3/b20-19+/t37-,38+,39-,40-,41-,42+,43+,44+,45+,46+,47+,48+,49+,50+,51+,52+,53-,54+,55+,56+,57+,58+,59+,60+,61-,62+,63+,64+,65+,66-,67+,68-,72+,73+,74-/m0/s1. The average molecular weight is 1770 g/mol. The number of carbonyl (C=O) groups is 9. The lowest BCUT2D eigenvalue weighted by Crippen LogP contribution is -2.74. The number of esters is 1. The molecular formula is C74H120N5O43-3. The van der Waals surface area contributed by atoms with Crippen LogP contribution in [0.3, 0.4) is 0 Å². The molecule has 0 aromatic carbocycles. The summed E-state index contributed by atoms with van der Waals surface area (Å²) in [7, 11) is 0. The number of aliphatic carboxylic acids is 3. The van der Waals surface area contributed by atoms with Gasteiger partial charge in [-0.15, -0.1) is 0 Å². The van der Waals surface area contributed by atoms with Crippen LogP contribution in [0, 0.1) is 0 Å². The molecule has 0 aliphatic carbocycles. The highest BCUT2D eigenvalue weighted by Crippen LogP contribution is 2.43. The van der Waals surface area contributed by atoms with Crippen molar-refractivity contribution in [1.82, 2.24) is 26.6 Å². The van der Waals surface area contributed by atoms with Crippen molar-refractivity contribution < 1.29 is 212 Å². The lowest BCUT2D eigenvalue weighted by molar-refractivity contribution is -0.422. The average Bonchev–Trinajstić information content (AvgIpc) is 0.750. The van der Waals surface area contributed by atoms with E-state index in [0.717, 1.165) is 66.7 Å². The summed E-state index contributed by atoms with van der Waals surface area (Å²) >= 11 is 0. The summed E-state index contributed by atoms with van der Waals surface area (Å²) in [5, 5.41) is 258. The summed E-state index contributed by atoms with van der Waals surface area (Å²) in [5.41, 5.74) is 0. The van der Waals surface area contributed by atoms with Gasteiger partial charge in [0.15, 0.2) is 18.9 Å². The molecule has 702 valence electrons. The zero-order valence-corrected chi connectivity index (χ0v) is 68.0. The van der Waals surface area contributed by atoms with Crippen LogP contribution in [0.4, 0.5) is 0 Å². The van der Waals surface area contributed by atoms with Gasteiger partial charge in [-0.1, -0.05) is 83.3 Å². The van der Waals surface area contributed by atoms with E-state index in [1.807, 2.05) is 0 Å². The molecule has 0 spiro atoms. The molecule has 0 aromatic heterocycles. The molecule has 0 bridgehead atoms. The van der Waals surface area contributed by atoms with Crippen molar-refractivity contribution in [3.05, 3.63) is 12.2 Å². The second kappa shape index (κ2) is 48.6. The van der Waals surface area contributed by atoms with Gasteiger partial charge in [0.1, 0.15) is 153 Å². The van der Waals surface area contributed by atoms with Gasteiger partial charge >= 0.3 is 5.97 Å². The topological polar surface area (TPSA) is 767 Å². The van der Waals surface area contributed by atoms with Crippen LogP contribution in [0.1, 0.15) is 138 Å². The second-order valence-electron chi connectivity index (χ2n) is 31.0. The molecule has 6 saturated heterocycles. The number of hydrogen-bond acceptors (Lipinski definition) is 43. The molecule has 0 saturated carbocycles. The van der Waals surface area contributed by atoms with Crippen molar-refractivity contribution in [3.8, 4) is 0 Å². The summed E-state index contributed by atoms with van der Waals surface area (Å²) in [4.78, 5) is 115. The Balaban J connectivity index is 1.35. The van der Waals surface area contributed by atoms with Crippen molar-refractivity contribution in [3.63, 3.8) is 0 Å². The maximum Gasteiger partial charge on any atom is 0.302 e. The fourth-order valence-electron chi connectivity index (χ4n) is 15.4.